The molecule has 0 atom stereocenters. The first-order valence-electron chi connectivity index (χ1n) is 0.698. The van der Waals surface area contributed by atoms with Crippen LogP contribution in [0.5, 0.6) is 0 Å². The van der Waals surface area contributed by atoms with E-state index in [1.54, 1.807) is 0 Å². The lowest BCUT2D eigenvalue weighted by Gasteiger charge is -1.68. The molecular weight excluding hydrogens is 136 g/mol. The summed E-state index contributed by atoms with van der Waals surface area (Å²) in [5, 5.41) is 0. The maximum absolute atomic E-state index is 8.74. The normalized spacial score (nSPS) is 8.29. The minimum Gasteiger partial charge on any atom is -0.412 e. The van der Waals surface area contributed by atoms with Crippen molar-refractivity contribution in [3.63, 3.8) is 0 Å². The SMILES string of the molecule is O.O=S(=O)(O)O.[MgH2]. The molecule has 0 bridgehead atoms. The van der Waals surface area contributed by atoms with Gasteiger partial charge in [0.05, 0.1) is 0 Å². The van der Waals surface area contributed by atoms with Gasteiger partial charge in [-0.3, -0.25) is 9.11 Å². The minimum absolute atomic E-state index is 0. The largest absolute Gasteiger partial charge is 0.412 e. The van der Waals surface area contributed by atoms with Gasteiger partial charge in [-0.2, -0.15) is 8.42 Å². The summed E-state index contributed by atoms with van der Waals surface area (Å²) in [5.74, 6) is 0. The first-order chi connectivity index (χ1) is 2.00. The molecular formula is H6MgO5S. The maximum Gasteiger partial charge on any atom is 0.394 e. The van der Waals surface area contributed by atoms with Crippen molar-refractivity contribution in [2.75, 3.05) is 0 Å². The monoisotopic (exact) mass is 142 g/mol. The Morgan fingerprint density at radius 2 is 1.14 bits per heavy atom. The highest BCUT2D eigenvalue weighted by Crippen LogP contribution is 1.59. The molecule has 0 aromatic rings. The first-order valence-corrected chi connectivity index (χ1v) is 2.10. The molecule has 0 fully saturated rings. The second-order valence-corrected chi connectivity index (χ2v) is 1.34. The zero-order valence-electron chi connectivity index (χ0n) is 2.62. The molecule has 5 nitrogen and oxygen atoms in total. The highest BCUT2D eigenvalue weighted by molar-refractivity contribution is 7.79. The summed E-state index contributed by atoms with van der Waals surface area (Å²) in [6.45, 7) is 0. The Morgan fingerprint density at radius 3 is 1.14 bits per heavy atom. The van der Waals surface area contributed by atoms with E-state index < -0.39 is 10.4 Å². The Balaban J connectivity index is -0.0000000800. The third-order valence-electron chi connectivity index (χ3n) is 0. The molecule has 44 valence electrons. The lowest BCUT2D eigenvalue weighted by molar-refractivity contribution is 0.381. The van der Waals surface area contributed by atoms with Gasteiger partial charge in [0.1, 0.15) is 0 Å². The van der Waals surface area contributed by atoms with Crippen LogP contribution in [0.2, 0.25) is 0 Å². The minimum atomic E-state index is -4.67. The van der Waals surface area contributed by atoms with E-state index in [0.29, 0.717) is 0 Å². The molecule has 0 saturated heterocycles. The lowest BCUT2D eigenvalue weighted by Crippen LogP contribution is -1.89. The van der Waals surface area contributed by atoms with E-state index in [-0.39, 0.29) is 28.5 Å². The summed E-state index contributed by atoms with van der Waals surface area (Å²) < 4.78 is 31.6. The van der Waals surface area contributed by atoms with Crippen LogP contribution in [0.25, 0.3) is 0 Å². The molecule has 0 aliphatic rings. The number of hydrogen-bond acceptors (Lipinski definition) is 2. The zero-order chi connectivity index (χ0) is 4.50. The van der Waals surface area contributed by atoms with Gasteiger partial charge in [-0.15, -0.1) is 0 Å². The molecule has 0 amide bonds. The summed E-state index contributed by atoms with van der Waals surface area (Å²) in [6.07, 6.45) is 0. The van der Waals surface area contributed by atoms with Crippen molar-refractivity contribution < 1.29 is 23.0 Å². The van der Waals surface area contributed by atoms with Crippen LogP contribution in [-0.4, -0.2) is 46.1 Å². The predicted octanol–water partition coefficient (Wildman–Crippen LogP) is -2.39. The molecule has 0 rings (SSSR count). The van der Waals surface area contributed by atoms with Crippen LogP contribution >= 0.6 is 0 Å². The van der Waals surface area contributed by atoms with Crippen molar-refractivity contribution in [1.82, 2.24) is 0 Å². The van der Waals surface area contributed by atoms with Crippen LogP contribution in [-0.2, 0) is 10.4 Å². The van der Waals surface area contributed by atoms with Crippen LogP contribution in [0.4, 0.5) is 0 Å². The highest BCUT2D eigenvalue weighted by atomic mass is 32.3. The van der Waals surface area contributed by atoms with Gasteiger partial charge < -0.3 is 5.48 Å². The van der Waals surface area contributed by atoms with Gasteiger partial charge in [-0.1, -0.05) is 0 Å². The van der Waals surface area contributed by atoms with Gasteiger partial charge in [0, 0.05) is 0 Å². The van der Waals surface area contributed by atoms with E-state index in [4.69, 9.17) is 17.5 Å². The second kappa shape index (κ2) is 4.75. The second-order valence-electron chi connectivity index (χ2n) is 0.448. The molecule has 0 radical (unpaired) electrons. The third-order valence-corrected chi connectivity index (χ3v) is 0. The van der Waals surface area contributed by atoms with Crippen molar-refractivity contribution in [1.29, 1.82) is 0 Å². The average Bonchev–Trinajstić information content (AvgIpc) is 0.722. The van der Waals surface area contributed by atoms with Crippen LogP contribution in [0.1, 0.15) is 0 Å². The summed E-state index contributed by atoms with van der Waals surface area (Å²) in [6, 6.07) is 0. The topological polar surface area (TPSA) is 106 Å². The Hall–Kier alpha value is 0.596. The maximum atomic E-state index is 8.74. The van der Waals surface area contributed by atoms with Gasteiger partial charge in [0.15, 0.2) is 0 Å². The Kier molecular flexibility index (Phi) is 10.6. The molecule has 4 N–H and O–H groups in total. The van der Waals surface area contributed by atoms with Crippen molar-refractivity contribution in [3.8, 4) is 0 Å². The third kappa shape index (κ3) is 392. The fourth-order valence-corrected chi connectivity index (χ4v) is 0. The van der Waals surface area contributed by atoms with Crippen LogP contribution in [0.3, 0.4) is 0 Å². The fraction of sp³-hybridized carbons (Fsp3) is 0. The molecule has 7 heteroatoms. The van der Waals surface area contributed by atoms with E-state index in [1.165, 1.54) is 0 Å². The number of rotatable bonds is 0. The fourth-order valence-electron chi connectivity index (χ4n) is 0. The summed E-state index contributed by atoms with van der Waals surface area (Å²) in [7, 11) is -4.67. The van der Waals surface area contributed by atoms with Crippen molar-refractivity contribution >= 4 is 33.5 Å². The standard InChI is InChI=1S/Mg.H2O4S.H2O.2H/c;1-5(2,3)4;;;/h;(H2,1,2,3,4);1H2;;. The smallest absolute Gasteiger partial charge is 0.394 e. The molecule has 0 spiro atoms. The van der Waals surface area contributed by atoms with Gasteiger partial charge >= 0.3 is 33.5 Å². The Bertz CT molecular complexity index is 91.2. The van der Waals surface area contributed by atoms with Crippen molar-refractivity contribution in [3.05, 3.63) is 0 Å². The average molecular weight is 142 g/mol. The van der Waals surface area contributed by atoms with Crippen LogP contribution < -0.4 is 0 Å². The van der Waals surface area contributed by atoms with E-state index >= 15 is 0 Å². The molecule has 0 heterocycles. The molecule has 0 aromatic carbocycles. The summed E-state index contributed by atoms with van der Waals surface area (Å²) >= 11 is 0. The van der Waals surface area contributed by atoms with Gasteiger partial charge in [0.25, 0.3) is 0 Å². The predicted molar refractivity (Wildman–Crippen MR) is 26.3 cm³/mol. The molecule has 7 heavy (non-hydrogen) atoms. The van der Waals surface area contributed by atoms with Crippen LogP contribution in [0.15, 0.2) is 0 Å². The molecule has 0 aromatic heterocycles. The van der Waals surface area contributed by atoms with Crippen LogP contribution in [0, 0.1) is 0 Å². The molecule has 0 aliphatic carbocycles. The summed E-state index contributed by atoms with van der Waals surface area (Å²) in [5.41, 5.74) is 0. The molecule has 0 saturated carbocycles. The molecule has 0 unspecified atom stereocenters. The van der Waals surface area contributed by atoms with E-state index in [1.807, 2.05) is 0 Å². The lowest BCUT2D eigenvalue weighted by atomic mass is 15.8. The zero-order valence-corrected chi connectivity index (χ0v) is 3.44. The van der Waals surface area contributed by atoms with Gasteiger partial charge in [-0.25, -0.2) is 0 Å². The molecule has 0 aliphatic heterocycles. The van der Waals surface area contributed by atoms with E-state index in [9.17, 15) is 0 Å². The summed E-state index contributed by atoms with van der Waals surface area (Å²) in [4.78, 5) is 0. The van der Waals surface area contributed by atoms with E-state index in [0.717, 1.165) is 0 Å². The van der Waals surface area contributed by atoms with E-state index in [2.05, 4.69) is 0 Å². The first kappa shape index (κ1) is 15.6. The quantitative estimate of drug-likeness (QED) is 0.291. The van der Waals surface area contributed by atoms with Gasteiger partial charge in [-0.05, 0) is 0 Å². The Labute approximate surface area is 56.8 Å². The van der Waals surface area contributed by atoms with Gasteiger partial charge in [0.2, 0.25) is 0 Å². The van der Waals surface area contributed by atoms with Crippen molar-refractivity contribution in [2.45, 2.75) is 0 Å². The Morgan fingerprint density at radius 1 is 1.14 bits per heavy atom. The van der Waals surface area contributed by atoms with Crippen molar-refractivity contribution in [2.24, 2.45) is 0 Å². The highest BCUT2D eigenvalue weighted by Gasteiger charge is 1.84. The number of hydrogen-bond donors (Lipinski definition) is 2.